The Balaban J connectivity index is 0.00000400. The van der Waals surface area contributed by atoms with Crippen LogP contribution in [-0.4, -0.2) is 69.3 Å². The molecule has 0 unspecified atom stereocenters. The molecule has 0 radical (unpaired) electrons. The number of rotatable bonds is 7. The van der Waals surface area contributed by atoms with Crippen molar-refractivity contribution in [2.45, 2.75) is 32.9 Å². The minimum atomic E-state index is -3.30. The summed E-state index contributed by atoms with van der Waals surface area (Å²) >= 11 is 0. The Labute approximate surface area is 133 Å². The van der Waals surface area contributed by atoms with E-state index in [1.807, 2.05) is 6.92 Å². The minimum absolute atomic E-state index is 0. The second-order valence-electron chi connectivity index (χ2n) is 4.70. The lowest BCUT2D eigenvalue weighted by atomic mass is 10.1. The molecular formula is C12H26ClN3O4S. The molecule has 1 amide bonds. The summed E-state index contributed by atoms with van der Waals surface area (Å²) in [6.45, 7) is 7.63. The Morgan fingerprint density at radius 2 is 2.00 bits per heavy atom. The normalized spacial score (nSPS) is 22.7. The smallest absolute Gasteiger partial charge is 0.239 e. The predicted octanol–water partition coefficient (Wildman–Crippen LogP) is -0.427. The van der Waals surface area contributed by atoms with E-state index >= 15 is 0 Å². The van der Waals surface area contributed by atoms with E-state index in [0.29, 0.717) is 26.2 Å². The van der Waals surface area contributed by atoms with Gasteiger partial charge in [0.2, 0.25) is 15.9 Å². The van der Waals surface area contributed by atoms with Gasteiger partial charge in [-0.15, -0.1) is 12.4 Å². The Morgan fingerprint density at radius 1 is 1.38 bits per heavy atom. The molecule has 0 aliphatic carbocycles. The zero-order valence-corrected chi connectivity index (χ0v) is 14.4. The molecule has 1 saturated heterocycles. The third-order valence-corrected chi connectivity index (χ3v) is 5.38. The first kappa shape index (κ1) is 20.6. The van der Waals surface area contributed by atoms with E-state index in [4.69, 9.17) is 4.74 Å². The molecule has 0 saturated carbocycles. The minimum Gasteiger partial charge on any atom is -0.375 e. The van der Waals surface area contributed by atoms with Gasteiger partial charge in [-0.1, -0.05) is 13.8 Å². The summed E-state index contributed by atoms with van der Waals surface area (Å²) in [6.07, 6.45) is -0.205. The average Bonchev–Trinajstić information content (AvgIpc) is 2.39. The highest BCUT2D eigenvalue weighted by Crippen LogP contribution is 2.04. The fourth-order valence-corrected chi connectivity index (χ4v) is 3.59. The summed E-state index contributed by atoms with van der Waals surface area (Å²) in [5.74, 6) is -0.297. The van der Waals surface area contributed by atoms with Crippen molar-refractivity contribution in [2.24, 2.45) is 0 Å². The molecule has 0 aromatic carbocycles. The number of nitrogens with zero attached hydrogens (tertiary/aromatic N) is 1. The summed E-state index contributed by atoms with van der Waals surface area (Å²) in [5, 5.41) is 5.72. The maximum absolute atomic E-state index is 11.9. The maximum atomic E-state index is 11.9. The number of halogens is 1. The van der Waals surface area contributed by atoms with Gasteiger partial charge in [-0.3, -0.25) is 4.79 Å². The standard InChI is InChI=1S/C12H25N3O4S.ClH/c1-4-15(5-2)20(17,18)9-7-14-12(16)11-10(3)19-8-6-13-11;/h10-11,13H,4-9H2,1-3H3,(H,14,16);1H/t10-,11+;/m1./s1. The first-order chi connectivity index (χ1) is 9.42. The molecule has 7 nitrogen and oxygen atoms in total. The van der Waals surface area contributed by atoms with Crippen molar-refractivity contribution >= 4 is 28.3 Å². The van der Waals surface area contributed by atoms with Crippen LogP contribution in [0.15, 0.2) is 0 Å². The fourth-order valence-electron chi connectivity index (χ4n) is 2.19. The van der Waals surface area contributed by atoms with Crippen molar-refractivity contribution in [2.75, 3.05) is 38.5 Å². The van der Waals surface area contributed by atoms with Gasteiger partial charge < -0.3 is 15.4 Å². The summed E-state index contributed by atoms with van der Waals surface area (Å²) in [5.41, 5.74) is 0. The van der Waals surface area contributed by atoms with Crippen LogP contribution in [0.5, 0.6) is 0 Å². The largest absolute Gasteiger partial charge is 0.375 e. The molecule has 2 atom stereocenters. The summed E-state index contributed by atoms with van der Waals surface area (Å²) in [4.78, 5) is 11.9. The number of nitrogens with one attached hydrogen (secondary N) is 2. The molecule has 9 heteroatoms. The van der Waals surface area contributed by atoms with Crippen LogP contribution < -0.4 is 10.6 Å². The van der Waals surface area contributed by atoms with Crippen LogP contribution in [0.2, 0.25) is 0 Å². The quantitative estimate of drug-likeness (QED) is 0.655. The summed E-state index contributed by atoms with van der Waals surface area (Å²) in [7, 11) is -3.30. The lowest BCUT2D eigenvalue weighted by Crippen LogP contribution is -2.56. The van der Waals surface area contributed by atoms with E-state index in [-0.39, 0.29) is 36.7 Å². The van der Waals surface area contributed by atoms with Crippen molar-refractivity contribution < 1.29 is 17.9 Å². The topological polar surface area (TPSA) is 87.7 Å². The number of hydrogen-bond donors (Lipinski definition) is 2. The second-order valence-corrected chi connectivity index (χ2v) is 6.79. The number of hydrogen-bond acceptors (Lipinski definition) is 5. The number of carbonyl (C=O) groups excluding carboxylic acids is 1. The Morgan fingerprint density at radius 3 is 2.52 bits per heavy atom. The molecule has 21 heavy (non-hydrogen) atoms. The van der Waals surface area contributed by atoms with Crippen molar-refractivity contribution in [3.63, 3.8) is 0 Å². The van der Waals surface area contributed by atoms with Gasteiger partial charge in [-0.05, 0) is 6.92 Å². The number of sulfonamides is 1. The van der Waals surface area contributed by atoms with Gasteiger partial charge in [0.15, 0.2) is 0 Å². The van der Waals surface area contributed by atoms with E-state index < -0.39 is 16.1 Å². The Kier molecular flexibility index (Phi) is 9.39. The molecule has 1 aliphatic heterocycles. The van der Waals surface area contributed by atoms with Gasteiger partial charge in [0.1, 0.15) is 6.04 Å². The average molecular weight is 344 g/mol. The molecule has 1 aliphatic rings. The molecule has 0 spiro atoms. The lowest BCUT2D eigenvalue weighted by Gasteiger charge is -2.29. The highest BCUT2D eigenvalue weighted by Gasteiger charge is 2.28. The third kappa shape index (κ3) is 6.07. The van der Waals surface area contributed by atoms with Crippen LogP contribution in [0.4, 0.5) is 0 Å². The molecule has 1 heterocycles. The van der Waals surface area contributed by atoms with Crippen LogP contribution >= 0.6 is 12.4 Å². The molecule has 0 bridgehead atoms. The molecule has 126 valence electrons. The van der Waals surface area contributed by atoms with Crippen molar-refractivity contribution in [3.05, 3.63) is 0 Å². The predicted molar refractivity (Wildman–Crippen MR) is 84.2 cm³/mol. The maximum Gasteiger partial charge on any atom is 0.239 e. The van der Waals surface area contributed by atoms with E-state index in [0.717, 1.165) is 0 Å². The molecule has 0 aromatic rings. The molecule has 2 N–H and O–H groups in total. The zero-order valence-electron chi connectivity index (χ0n) is 12.8. The van der Waals surface area contributed by atoms with Gasteiger partial charge in [0.25, 0.3) is 0 Å². The molecule has 1 rings (SSSR count). The van der Waals surface area contributed by atoms with Gasteiger partial charge >= 0.3 is 0 Å². The molecule has 0 aromatic heterocycles. The van der Waals surface area contributed by atoms with Crippen LogP contribution in [0, 0.1) is 0 Å². The fraction of sp³-hybridized carbons (Fsp3) is 0.917. The van der Waals surface area contributed by atoms with E-state index in [1.165, 1.54) is 4.31 Å². The van der Waals surface area contributed by atoms with Crippen molar-refractivity contribution in [3.8, 4) is 0 Å². The van der Waals surface area contributed by atoms with Gasteiger partial charge in [-0.25, -0.2) is 12.7 Å². The van der Waals surface area contributed by atoms with Crippen LogP contribution in [0.1, 0.15) is 20.8 Å². The number of ether oxygens (including phenoxy) is 1. The Hall–Kier alpha value is -0.410. The molecule has 1 fully saturated rings. The zero-order chi connectivity index (χ0) is 15.2. The van der Waals surface area contributed by atoms with E-state index in [9.17, 15) is 13.2 Å². The monoisotopic (exact) mass is 343 g/mol. The summed E-state index contributed by atoms with van der Waals surface area (Å²) < 4.78 is 30.7. The van der Waals surface area contributed by atoms with Gasteiger partial charge in [0, 0.05) is 26.2 Å². The summed E-state index contributed by atoms with van der Waals surface area (Å²) in [6, 6.07) is -0.417. The van der Waals surface area contributed by atoms with Crippen molar-refractivity contribution in [1.82, 2.24) is 14.9 Å². The highest BCUT2D eigenvalue weighted by molar-refractivity contribution is 7.89. The number of morpholine rings is 1. The lowest BCUT2D eigenvalue weighted by molar-refractivity contribution is -0.128. The van der Waals surface area contributed by atoms with E-state index in [1.54, 1.807) is 13.8 Å². The first-order valence-electron chi connectivity index (χ1n) is 7.02. The first-order valence-corrected chi connectivity index (χ1v) is 8.63. The van der Waals surface area contributed by atoms with Crippen LogP contribution in [0.25, 0.3) is 0 Å². The van der Waals surface area contributed by atoms with Crippen LogP contribution in [-0.2, 0) is 19.6 Å². The highest BCUT2D eigenvalue weighted by atomic mass is 35.5. The Bertz CT molecular complexity index is 415. The van der Waals surface area contributed by atoms with Gasteiger partial charge in [-0.2, -0.15) is 0 Å². The molecular weight excluding hydrogens is 318 g/mol. The second kappa shape index (κ2) is 9.58. The number of amides is 1. The SMILES string of the molecule is CCN(CC)S(=O)(=O)CCNC(=O)[C@H]1NCCO[C@@H]1C.Cl. The number of carbonyl (C=O) groups is 1. The third-order valence-electron chi connectivity index (χ3n) is 3.36. The van der Waals surface area contributed by atoms with Crippen LogP contribution in [0.3, 0.4) is 0 Å². The van der Waals surface area contributed by atoms with Crippen molar-refractivity contribution in [1.29, 1.82) is 0 Å². The van der Waals surface area contributed by atoms with Gasteiger partial charge in [0.05, 0.1) is 18.5 Å². The van der Waals surface area contributed by atoms with E-state index in [2.05, 4.69) is 10.6 Å².